The first kappa shape index (κ1) is 23.8. The molecule has 3 aromatic carbocycles. The number of sulfone groups is 1. The summed E-state index contributed by atoms with van der Waals surface area (Å²) in [7, 11) is 0.505. The molecule has 34 heavy (non-hydrogen) atoms. The SMILES string of the molecule is CN(C)c1ccc(N2CCN(C(=O)c3cc(S(C)(=O)=O)ccc3-c3ccc(F)cc3)CC2)cc1. The maximum atomic E-state index is 13.5. The van der Waals surface area contributed by atoms with Crippen molar-refractivity contribution in [2.75, 3.05) is 56.3 Å². The van der Waals surface area contributed by atoms with Gasteiger partial charge in [0.1, 0.15) is 5.82 Å². The first-order valence-electron chi connectivity index (χ1n) is 11.0. The smallest absolute Gasteiger partial charge is 0.254 e. The predicted molar refractivity (Wildman–Crippen MR) is 134 cm³/mol. The summed E-state index contributed by atoms with van der Waals surface area (Å²) in [5.74, 6) is -0.605. The van der Waals surface area contributed by atoms with Gasteiger partial charge in [0.15, 0.2) is 9.84 Å². The van der Waals surface area contributed by atoms with Crippen molar-refractivity contribution >= 4 is 27.1 Å². The molecule has 1 fully saturated rings. The van der Waals surface area contributed by atoms with Gasteiger partial charge in [0.2, 0.25) is 0 Å². The third-order valence-electron chi connectivity index (χ3n) is 6.10. The summed E-state index contributed by atoms with van der Waals surface area (Å²) in [6.07, 6.45) is 1.12. The van der Waals surface area contributed by atoms with Crippen molar-refractivity contribution in [2.45, 2.75) is 4.90 Å². The molecule has 1 saturated heterocycles. The second kappa shape index (κ2) is 9.46. The highest BCUT2D eigenvalue weighted by atomic mass is 32.2. The van der Waals surface area contributed by atoms with E-state index in [0.29, 0.717) is 42.9 Å². The zero-order valence-corrected chi connectivity index (χ0v) is 20.3. The average Bonchev–Trinajstić information content (AvgIpc) is 2.83. The number of nitrogens with zero attached hydrogens (tertiary/aromatic N) is 3. The maximum Gasteiger partial charge on any atom is 0.254 e. The van der Waals surface area contributed by atoms with Crippen molar-refractivity contribution in [1.29, 1.82) is 0 Å². The topological polar surface area (TPSA) is 60.9 Å². The predicted octanol–water partition coefficient (Wildman–Crippen LogP) is 3.92. The average molecular weight is 482 g/mol. The largest absolute Gasteiger partial charge is 0.378 e. The Kier molecular flexibility index (Phi) is 6.61. The van der Waals surface area contributed by atoms with E-state index in [0.717, 1.165) is 17.6 Å². The molecular formula is C26H28FN3O3S. The fourth-order valence-electron chi connectivity index (χ4n) is 4.11. The summed E-state index contributed by atoms with van der Waals surface area (Å²) < 4.78 is 37.8. The van der Waals surface area contributed by atoms with Gasteiger partial charge in [0, 0.05) is 63.5 Å². The lowest BCUT2D eigenvalue weighted by Gasteiger charge is -2.36. The minimum atomic E-state index is -3.49. The standard InChI is InChI=1S/C26H28FN3O3S/c1-28(2)21-8-10-22(11-9-21)29-14-16-30(17-15-29)26(31)25-18-23(34(3,32)33)12-13-24(25)19-4-6-20(27)7-5-19/h4-13,18H,14-17H2,1-3H3. The van der Waals surface area contributed by atoms with Gasteiger partial charge < -0.3 is 14.7 Å². The van der Waals surface area contributed by atoms with Crippen LogP contribution in [0.1, 0.15) is 10.4 Å². The van der Waals surface area contributed by atoms with Crippen LogP contribution in [-0.2, 0) is 9.84 Å². The Morgan fingerprint density at radius 3 is 2.06 bits per heavy atom. The Balaban J connectivity index is 1.58. The van der Waals surface area contributed by atoms with Crippen LogP contribution in [0.25, 0.3) is 11.1 Å². The van der Waals surface area contributed by atoms with Gasteiger partial charge in [0.25, 0.3) is 5.91 Å². The van der Waals surface area contributed by atoms with E-state index in [2.05, 4.69) is 29.2 Å². The van der Waals surface area contributed by atoms with E-state index in [-0.39, 0.29) is 16.6 Å². The van der Waals surface area contributed by atoms with Crippen molar-refractivity contribution in [2.24, 2.45) is 0 Å². The molecule has 0 saturated carbocycles. The number of halogens is 1. The highest BCUT2D eigenvalue weighted by Gasteiger charge is 2.26. The van der Waals surface area contributed by atoms with Gasteiger partial charge in [-0.2, -0.15) is 0 Å². The zero-order valence-electron chi connectivity index (χ0n) is 19.5. The van der Waals surface area contributed by atoms with E-state index in [1.807, 2.05) is 19.0 Å². The summed E-state index contributed by atoms with van der Waals surface area (Å²) in [5.41, 5.74) is 3.77. The molecular weight excluding hydrogens is 453 g/mol. The fraction of sp³-hybridized carbons (Fsp3) is 0.269. The van der Waals surface area contributed by atoms with E-state index < -0.39 is 9.84 Å². The number of carbonyl (C=O) groups excluding carboxylic acids is 1. The quantitative estimate of drug-likeness (QED) is 0.553. The summed E-state index contributed by atoms with van der Waals surface area (Å²) in [6, 6.07) is 18.7. The first-order valence-corrected chi connectivity index (χ1v) is 12.9. The van der Waals surface area contributed by atoms with E-state index in [1.54, 1.807) is 23.1 Å². The minimum Gasteiger partial charge on any atom is -0.378 e. The Morgan fingerprint density at radius 1 is 0.882 bits per heavy atom. The van der Waals surface area contributed by atoms with Gasteiger partial charge in [-0.3, -0.25) is 4.79 Å². The molecule has 0 atom stereocenters. The molecule has 0 bridgehead atoms. The molecule has 3 aromatic rings. The Hall–Kier alpha value is -3.39. The Labute approximate surface area is 200 Å². The van der Waals surface area contributed by atoms with Gasteiger partial charge in [-0.05, 0) is 59.7 Å². The number of piperazine rings is 1. The first-order chi connectivity index (χ1) is 16.1. The molecule has 0 unspecified atom stereocenters. The molecule has 178 valence electrons. The van der Waals surface area contributed by atoms with Crippen LogP contribution >= 0.6 is 0 Å². The van der Waals surface area contributed by atoms with Crippen LogP contribution in [0.2, 0.25) is 0 Å². The van der Waals surface area contributed by atoms with Crippen LogP contribution in [0.15, 0.2) is 71.6 Å². The van der Waals surface area contributed by atoms with Crippen LogP contribution in [0.4, 0.5) is 15.8 Å². The molecule has 4 rings (SSSR count). The molecule has 1 aliphatic rings. The number of amides is 1. The number of benzene rings is 3. The second-order valence-corrected chi connectivity index (χ2v) is 10.7. The van der Waals surface area contributed by atoms with Gasteiger partial charge in [-0.15, -0.1) is 0 Å². The van der Waals surface area contributed by atoms with Crippen molar-refractivity contribution in [3.63, 3.8) is 0 Å². The highest BCUT2D eigenvalue weighted by Crippen LogP contribution is 2.29. The van der Waals surface area contributed by atoms with Crippen molar-refractivity contribution in [1.82, 2.24) is 4.90 Å². The Morgan fingerprint density at radius 2 is 1.50 bits per heavy atom. The highest BCUT2D eigenvalue weighted by molar-refractivity contribution is 7.90. The number of anilines is 2. The van der Waals surface area contributed by atoms with Crippen LogP contribution in [0.3, 0.4) is 0 Å². The molecule has 0 N–H and O–H groups in total. The molecule has 8 heteroatoms. The zero-order chi connectivity index (χ0) is 24.5. The van der Waals surface area contributed by atoms with E-state index in [9.17, 15) is 17.6 Å². The van der Waals surface area contributed by atoms with E-state index in [4.69, 9.17) is 0 Å². The number of hydrogen-bond donors (Lipinski definition) is 0. The van der Waals surface area contributed by atoms with E-state index in [1.165, 1.54) is 24.3 Å². The summed E-state index contributed by atoms with van der Waals surface area (Å²) in [6.45, 7) is 2.37. The number of rotatable bonds is 5. The van der Waals surface area contributed by atoms with Crippen LogP contribution in [0, 0.1) is 5.82 Å². The summed E-state index contributed by atoms with van der Waals surface area (Å²) >= 11 is 0. The van der Waals surface area contributed by atoms with Gasteiger partial charge in [0.05, 0.1) is 4.90 Å². The fourth-order valence-corrected chi connectivity index (χ4v) is 4.76. The van der Waals surface area contributed by atoms with Crippen LogP contribution in [0.5, 0.6) is 0 Å². The maximum absolute atomic E-state index is 13.5. The van der Waals surface area contributed by atoms with Crippen LogP contribution < -0.4 is 9.80 Å². The minimum absolute atomic E-state index is 0.0846. The third kappa shape index (κ3) is 5.07. The number of hydrogen-bond acceptors (Lipinski definition) is 5. The van der Waals surface area contributed by atoms with Gasteiger partial charge in [-0.1, -0.05) is 18.2 Å². The molecule has 0 spiro atoms. The monoisotopic (exact) mass is 481 g/mol. The lowest BCUT2D eigenvalue weighted by atomic mass is 9.98. The molecule has 0 aliphatic carbocycles. The normalized spacial score (nSPS) is 14.2. The molecule has 1 amide bonds. The summed E-state index contributed by atoms with van der Waals surface area (Å²) in [4.78, 5) is 19.6. The van der Waals surface area contributed by atoms with Crippen LogP contribution in [-0.4, -0.2) is 65.8 Å². The lowest BCUT2D eigenvalue weighted by molar-refractivity contribution is 0.0747. The molecule has 6 nitrogen and oxygen atoms in total. The Bertz CT molecular complexity index is 1280. The molecule has 1 heterocycles. The van der Waals surface area contributed by atoms with Gasteiger partial charge in [-0.25, -0.2) is 12.8 Å². The van der Waals surface area contributed by atoms with Crippen molar-refractivity contribution in [3.05, 3.63) is 78.1 Å². The van der Waals surface area contributed by atoms with Crippen molar-refractivity contribution in [3.8, 4) is 11.1 Å². The van der Waals surface area contributed by atoms with E-state index >= 15 is 0 Å². The second-order valence-electron chi connectivity index (χ2n) is 8.68. The molecule has 0 aromatic heterocycles. The third-order valence-corrected chi connectivity index (χ3v) is 7.21. The van der Waals surface area contributed by atoms with Gasteiger partial charge >= 0.3 is 0 Å². The molecule has 1 aliphatic heterocycles. The molecule has 0 radical (unpaired) electrons. The lowest BCUT2D eigenvalue weighted by Crippen LogP contribution is -2.48. The summed E-state index contributed by atoms with van der Waals surface area (Å²) in [5, 5.41) is 0. The number of carbonyl (C=O) groups is 1. The van der Waals surface area contributed by atoms with Crippen molar-refractivity contribution < 1.29 is 17.6 Å².